The zero-order chi connectivity index (χ0) is 17.9. The maximum atomic E-state index is 5.73. The summed E-state index contributed by atoms with van der Waals surface area (Å²) in [7, 11) is -3.56. The normalized spacial score (nSPS) is 16.1. The first-order chi connectivity index (χ1) is 11.6. The van der Waals surface area contributed by atoms with Gasteiger partial charge in [0.25, 0.3) is 0 Å². The van der Waals surface area contributed by atoms with Crippen molar-refractivity contribution in [2.75, 3.05) is 35.3 Å². The van der Waals surface area contributed by atoms with Crippen LogP contribution in [0.3, 0.4) is 0 Å². The minimum absolute atomic E-state index is 0.141. The highest BCUT2D eigenvalue weighted by atomic mass is 35.5. The van der Waals surface area contributed by atoms with Gasteiger partial charge in [-0.25, -0.2) is 0 Å². The van der Waals surface area contributed by atoms with E-state index in [-0.39, 0.29) is 35.3 Å². The Morgan fingerprint density at radius 2 is 0.708 bits per heavy atom. The van der Waals surface area contributed by atoms with Crippen molar-refractivity contribution >= 4 is 91.6 Å². The Bertz CT molecular complexity index is 275. The van der Waals surface area contributed by atoms with Crippen molar-refractivity contribution < 1.29 is 27.7 Å². The molecule has 0 unspecified atom stereocenters. The number of hydrogen-bond donors (Lipinski definition) is 0. The molecule has 0 aromatic rings. The third-order valence-electron chi connectivity index (χ3n) is 2.61. The van der Waals surface area contributed by atoms with Crippen molar-refractivity contribution in [1.82, 2.24) is 0 Å². The molecule has 1 rings (SSSR count). The van der Waals surface area contributed by atoms with Gasteiger partial charge in [0.05, 0.1) is 18.3 Å². The molecule has 0 amide bonds. The van der Waals surface area contributed by atoms with Gasteiger partial charge >= 0.3 is 22.0 Å². The third-order valence-corrected chi connectivity index (χ3v) is 4.68. The van der Waals surface area contributed by atoms with Crippen LogP contribution < -0.4 is 0 Å². The lowest BCUT2D eigenvalue weighted by atomic mass is 9.96. The van der Waals surface area contributed by atoms with Gasteiger partial charge in [0.2, 0.25) is 0 Å². The average Bonchev–Trinajstić information content (AvgIpc) is 2.61. The van der Waals surface area contributed by atoms with E-state index in [1.165, 1.54) is 0 Å². The van der Waals surface area contributed by atoms with Gasteiger partial charge in [-0.15, -0.1) is 69.6 Å². The second-order valence-electron chi connectivity index (χ2n) is 4.47. The molecule has 1 fully saturated rings. The second kappa shape index (κ2) is 13.8. The van der Waals surface area contributed by atoms with Crippen molar-refractivity contribution in [3.8, 4) is 0 Å². The van der Waals surface area contributed by atoms with Crippen LogP contribution in [0.2, 0.25) is 0 Å². The van der Waals surface area contributed by atoms with Gasteiger partial charge in [-0.3, -0.25) is 0 Å². The van der Waals surface area contributed by atoms with Crippen LogP contribution in [-0.2, 0) is 27.7 Å². The van der Waals surface area contributed by atoms with E-state index in [1.807, 2.05) is 0 Å². The van der Waals surface area contributed by atoms with Gasteiger partial charge in [0, 0.05) is 35.3 Å². The predicted octanol–water partition coefficient (Wildman–Crippen LogP) is 2.59. The van der Waals surface area contributed by atoms with Gasteiger partial charge < -0.3 is 27.7 Å². The molecule has 0 aromatic heterocycles. The highest BCUT2D eigenvalue weighted by Crippen LogP contribution is 2.17. The van der Waals surface area contributed by atoms with Gasteiger partial charge in [-0.1, -0.05) is 0 Å². The number of rotatable bonds is 12. The molecular weight excluding hydrogens is 449 g/mol. The summed E-state index contributed by atoms with van der Waals surface area (Å²) in [4.78, 5) is 0. The molecule has 0 atom stereocenters. The molecule has 0 N–H and O–H groups in total. The molecule has 6 nitrogen and oxygen atoms in total. The van der Waals surface area contributed by atoms with Crippen LogP contribution >= 0.6 is 69.6 Å². The van der Waals surface area contributed by atoms with Gasteiger partial charge in [0.15, 0.2) is 0 Å². The molecule has 138 valence electrons. The first-order valence-corrected chi connectivity index (χ1v) is 10.1. The zero-order valence-electron chi connectivity index (χ0n) is 12.4. The van der Waals surface area contributed by atoms with Crippen LogP contribution in [0.15, 0.2) is 0 Å². The molecular formula is C9H15B3Cl6O6. The van der Waals surface area contributed by atoms with Gasteiger partial charge in [-0.2, -0.15) is 0 Å². The minimum Gasteiger partial charge on any atom is -0.400 e. The largest absolute Gasteiger partial charge is 0.615 e. The molecule has 0 saturated carbocycles. The lowest BCUT2D eigenvalue weighted by Gasteiger charge is -2.31. The highest BCUT2D eigenvalue weighted by molar-refractivity contribution is 6.67. The van der Waals surface area contributed by atoms with Crippen LogP contribution in [0.4, 0.5) is 0 Å². The van der Waals surface area contributed by atoms with Crippen LogP contribution in [-0.4, -0.2) is 75.6 Å². The van der Waals surface area contributed by atoms with E-state index < -0.39 is 40.3 Å². The molecule has 0 aromatic carbocycles. The van der Waals surface area contributed by atoms with Crippen molar-refractivity contribution in [1.29, 1.82) is 0 Å². The smallest absolute Gasteiger partial charge is 0.400 e. The molecule has 0 radical (unpaired) electrons. The number of halogens is 6. The SMILES string of the molecule is ClCC(CCl)OB1OB(OC(CCl)CCl)OB(OC(CCl)CCl)O1. The zero-order valence-corrected chi connectivity index (χ0v) is 17.0. The Labute approximate surface area is 172 Å². The lowest BCUT2D eigenvalue weighted by Crippen LogP contribution is -2.56. The van der Waals surface area contributed by atoms with Crippen molar-refractivity contribution in [3.05, 3.63) is 0 Å². The van der Waals surface area contributed by atoms with E-state index >= 15 is 0 Å². The number of alkyl halides is 6. The molecule has 1 saturated heterocycles. The van der Waals surface area contributed by atoms with Crippen LogP contribution in [0, 0.1) is 0 Å². The fourth-order valence-corrected chi connectivity index (χ4v) is 2.80. The fourth-order valence-electron chi connectivity index (χ4n) is 1.37. The van der Waals surface area contributed by atoms with Crippen molar-refractivity contribution in [2.24, 2.45) is 0 Å². The first kappa shape index (κ1) is 23.7. The van der Waals surface area contributed by atoms with Gasteiger partial charge in [0.1, 0.15) is 0 Å². The summed E-state index contributed by atoms with van der Waals surface area (Å²) in [5.41, 5.74) is 0. The summed E-state index contributed by atoms with van der Waals surface area (Å²) in [6.45, 7) is 0. The van der Waals surface area contributed by atoms with E-state index in [0.717, 1.165) is 0 Å². The molecule has 24 heavy (non-hydrogen) atoms. The Kier molecular flexibility index (Phi) is 13.6. The molecule has 1 aliphatic heterocycles. The standard InChI is InChI=1S/C9H15B3Cl6O6/c13-1-7(2-14)19-10-22-11(20-8(3-15)4-16)24-12(23-10)21-9(5-17)6-18/h7-9H,1-6H2. The summed E-state index contributed by atoms with van der Waals surface area (Å²) in [5, 5.41) is 0. The van der Waals surface area contributed by atoms with Crippen molar-refractivity contribution in [2.45, 2.75) is 18.3 Å². The Balaban J connectivity index is 2.69. The summed E-state index contributed by atoms with van der Waals surface area (Å²) in [6.07, 6.45) is -1.52. The van der Waals surface area contributed by atoms with Crippen LogP contribution in [0.25, 0.3) is 0 Å². The first-order valence-electron chi connectivity index (χ1n) is 6.88. The molecule has 1 heterocycles. The predicted molar refractivity (Wildman–Crippen MR) is 99.5 cm³/mol. The molecule has 0 aliphatic carbocycles. The summed E-state index contributed by atoms with van der Waals surface area (Å²) >= 11 is 34.4. The quantitative estimate of drug-likeness (QED) is 0.327. The molecule has 0 spiro atoms. The van der Waals surface area contributed by atoms with E-state index in [2.05, 4.69) is 0 Å². The Morgan fingerprint density at radius 3 is 0.875 bits per heavy atom. The van der Waals surface area contributed by atoms with Crippen LogP contribution in [0.5, 0.6) is 0 Å². The van der Waals surface area contributed by atoms with Crippen molar-refractivity contribution in [3.63, 3.8) is 0 Å². The fraction of sp³-hybridized carbons (Fsp3) is 1.00. The summed E-state index contributed by atoms with van der Waals surface area (Å²) in [6, 6.07) is 0. The second-order valence-corrected chi connectivity index (χ2v) is 6.33. The van der Waals surface area contributed by atoms with E-state index in [9.17, 15) is 0 Å². The summed E-state index contributed by atoms with van der Waals surface area (Å²) < 4.78 is 32.5. The highest BCUT2D eigenvalue weighted by Gasteiger charge is 2.48. The van der Waals surface area contributed by atoms with E-state index in [1.54, 1.807) is 0 Å². The Morgan fingerprint density at radius 1 is 0.500 bits per heavy atom. The third kappa shape index (κ3) is 8.59. The van der Waals surface area contributed by atoms with E-state index in [0.29, 0.717) is 0 Å². The Hall–Kier alpha value is 1.69. The van der Waals surface area contributed by atoms with Gasteiger partial charge in [-0.05, 0) is 0 Å². The number of hydrogen-bond acceptors (Lipinski definition) is 6. The topological polar surface area (TPSA) is 55.4 Å². The average molecular weight is 464 g/mol. The maximum Gasteiger partial charge on any atom is 0.615 e. The molecule has 0 bridgehead atoms. The monoisotopic (exact) mass is 462 g/mol. The molecule has 1 aliphatic rings. The minimum atomic E-state index is -1.19. The maximum absolute atomic E-state index is 5.73. The van der Waals surface area contributed by atoms with Crippen LogP contribution in [0.1, 0.15) is 0 Å². The lowest BCUT2D eigenvalue weighted by molar-refractivity contribution is 0.0387. The molecule has 15 heteroatoms. The van der Waals surface area contributed by atoms with E-state index in [4.69, 9.17) is 97.3 Å². The summed E-state index contributed by atoms with van der Waals surface area (Å²) in [5.74, 6) is 0.849.